The van der Waals surface area contributed by atoms with Gasteiger partial charge in [0.1, 0.15) is 0 Å². The number of carbonyl (C=O) groups excluding carboxylic acids is 1. The summed E-state index contributed by atoms with van der Waals surface area (Å²) in [5, 5.41) is 5.48. The number of quaternary nitrogens is 1. The molecule has 0 saturated heterocycles. The van der Waals surface area contributed by atoms with Crippen molar-refractivity contribution >= 4 is 5.91 Å². The fourth-order valence-electron chi connectivity index (χ4n) is 6.93. The van der Waals surface area contributed by atoms with E-state index in [1.165, 1.54) is 38.5 Å². The fraction of sp³-hybridized carbons (Fsp3) is 0.560. The van der Waals surface area contributed by atoms with Crippen LogP contribution in [-0.2, 0) is 4.79 Å². The minimum atomic E-state index is 0.00630. The molecule has 4 heteroatoms. The minimum absolute atomic E-state index is 0.00630. The average Bonchev–Trinajstić information content (AvgIpc) is 3.22. The molecule has 1 heterocycles. The number of nitrogens with two attached hydrogens (primary N) is 1. The maximum absolute atomic E-state index is 12.9. The fourth-order valence-corrected chi connectivity index (χ4v) is 6.93. The lowest BCUT2D eigenvalue weighted by Gasteiger charge is -2.59. The Morgan fingerprint density at radius 3 is 2.31 bits per heavy atom. The molecule has 3 N–H and O–H groups in total. The molecule has 1 aromatic heterocycles. The highest BCUT2D eigenvalue weighted by Crippen LogP contribution is 2.61. The van der Waals surface area contributed by atoms with Gasteiger partial charge in [-0.05, 0) is 80.8 Å². The van der Waals surface area contributed by atoms with E-state index in [0.717, 1.165) is 29.1 Å². The van der Waals surface area contributed by atoms with Crippen molar-refractivity contribution < 1.29 is 14.5 Å². The van der Waals surface area contributed by atoms with Crippen molar-refractivity contribution in [1.82, 2.24) is 5.32 Å². The van der Waals surface area contributed by atoms with Crippen LogP contribution in [0.4, 0.5) is 0 Å². The Kier molecular flexibility index (Phi) is 4.99. The maximum atomic E-state index is 12.9. The van der Waals surface area contributed by atoms with Crippen LogP contribution >= 0.6 is 0 Å². The summed E-state index contributed by atoms with van der Waals surface area (Å²) in [4.78, 5) is 12.9. The van der Waals surface area contributed by atoms with E-state index in [1.807, 2.05) is 30.3 Å². The zero-order valence-electron chi connectivity index (χ0n) is 17.3. The molecular weight excluding hydrogens is 360 g/mol. The van der Waals surface area contributed by atoms with E-state index in [0.29, 0.717) is 12.0 Å². The van der Waals surface area contributed by atoms with Crippen molar-refractivity contribution in [1.29, 1.82) is 0 Å². The van der Waals surface area contributed by atoms with E-state index >= 15 is 0 Å². The van der Waals surface area contributed by atoms with Gasteiger partial charge in [-0.25, -0.2) is 0 Å². The monoisotopic (exact) mass is 393 g/mol. The molecule has 1 aromatic carbocycles. The van der Waals surface area contributed by atoms with E-state index < -0.39 is 0 Å². The van der Waals surface area contributed by atoms with Crippen molar-refractivity contribution in [3.63, 3.8) is 0 Å². The number of nitrogens with one attached hydrogen (secondary N) is 1. The second-order valence-corrected chi connectivity index (χ2v) is 9.91. The van der Waals surface area contributed by atoms with Crippen LogP contribution in [0.2, 0.25) is 0 Å². The number of benzene rings is 1. The molecule has 0 spiro atoms. The zero-order valence-corrected chi connectivity index (χ0v) is 17.3. The first kappa shape index (κ1) is 18.9. The summed E-state index contributed by atoms with van der Waals surface area (Å²) >= 11 is 0. The third kappa shape index (κ3) is 3.75. The highest BCUT2D eigenvalue weighted by molar-refractivity contribution is 5.77. The second-order valence-electron chi connectivity index (χ2n) is 9.91. The van der Waals surface area contributed by atoms with Gasteiger partial charge >= 0.3 is 0 Å². The highest BCUT2D eigenvalue weighted by atomic mass is 16.3. The Balaban J connectivity index is 1.22. The summed E-state index contributed by atoms with van der Waals surface area (Å²) in [5.41, 5.74) is 1.51. The molecule has 4 nitrogen and oxygen atoms in total. The van der Waals surface area contributed by atoms with E-state index in [4.69, 9.17) is 4.42 Å². The molecule has 4 aliphatic rings. The quantitative estimate of drug-likeness (QED) is 0.754. The number of hydrogen-bond donors (Lipinski definition) is 2. The molecule has 0 unspecified atom stereocenters. The smallest absolute Gasteiger partial charge is 0.275 e. The van der Waals surface area contributed by atoms with E-state index in [9.17, 15) is 4.79 Å². The van der Waals surface area contributed by atoms with E-state index in [2.05, 4.69) is 29.7 Å². The van der Waals surface area contributed by atoms with Crippen LogP contribution in [-0.4, -0.2) is 18.5 Å². The Morgan fingerprint density at radius 1 is 1.07 bits per heavy atom. The Bertz CT molecular complexity index is 794. The average molecular weight is 394 g/mol. The van der Waals surface area contributed by atoms with Crippen molar-refractivity contribution in [3.05, 3.63) is 60.1 Å². The predicted octanol–water partition coefficient (Wildman–Crippen LogP) is 3.65. The van der Waals surface area contributed by atoms with E-state index in [-0.39, 0.29) is 18.0 Å². The molecule has 6 rings (SSSR count). The van der Waals surface area contributed by atoms with Gasteiger partial charge in [0.25, 0.3) is 5.91 Å². The first-order valence-corrected chi connectivity index (χ1v) is 11.3. The van der Waals surface area contributed by atoms with Crippen LogP contribution in [0.3, 0.4) is 0 Å². The van der Waals surface area contributed by atoms with Crippen molar-refractivity contribution in [2.24, 2.45) is 23.2 Å². The van der Waals surface area contributed by atoms with Crippen LogP contribution in [0.1, 0.15) is 62.8 Å². The zero-order chi connectivity index (χ0) is 19.8. The minimum Gasteiger partial charge on any atom is -0.463 e. The van der Waals surface area contributed by atoms with E-state index in [1.54, 1.807) is 6.26 Å². The molecule has 4 fully saturated rings. The second kappa shape index (κ2) is 7.64. The Hall–Kier alpha value is -2.07. The van der Waals surface area contributed by atoms with Gasteiger partial charge < -0.3 is 15.1 Å². The van der Waals surface area contributed by atoms with Crippen LogP contribution in [0, 0.1) is 23.2 Å². The summed E-state index contributed by atoms with van der Waals surface area (Å²) in [6.07, 6.45) is 9.99. The number of furan rings is 1. The summed E-state index contributed by atoms with van der Waals surface area (Å²) in [7, 11) is 0. The van der Waals surface area contributed by atoms with Gasteiger partial charge in [0.2, 0.25) is 0 Å². The van der Waals surface area contributed by atoms with Gasteiger partial charge in [0.15, 0.2) is 18.3 Å². The van der Waals surface area contributed by atoms with Gasteiger partial charge in [0.05, 0.1) is 6.26 Å². The van der Waals surface area contributed by atoms with Crippen molar-refractivity contribution in [2.75, 3.05) is 6.54 Å². The number of hydrogen-bond acceptors (Lipinski definition) is 2. The maximum Gasteiger partial charge on any atom is 0.275 e. The lowest BCUT2D eigenvalue weighted by atomic mass is 9.48. The predicted molar refractivity (Wildman–Crippen MR) is 112 cm³/mol. The topological polar surface area (TPSA) is 58.9 Å². The first-order valence-electron chi connectivity index (χ1n) is 11.3. The highest BCUT2D eigenvalue weighted by Gasteiger charge is 2.53. The number of rotatable bonds is 7. The summed E-state index contributed by atoms with van der Waals surface area (Å²) in [6, 6.07) is 14.5. The molecule has 4 bridgehead atoms. The molecule has 154 valence electrons. The SMILES string of the molecule is C[C@H](NC(=O)C[NH2+][C@@H](c1ccccc1)c1ccco1)C12CC3CC(CC(C3)C1)C2. The van der Waals surface area contributed by atoms with Gasteiger partial charge in [-0.1, -0.05) is 30.3 Å². The standard InChI is InChI=1S/C25H32N2O2/c1-17(25-13-18-10-19(14-25)12-20(11-18)15-25)27-23(28)16-26-24(22-8-5-9-29-22)21-6-3-2-4-7-21/h2-9,17-20,24,26H,10-16H2,1H3,(H,27,28)/p+1/t17-,18?,19?,20?,24-,25?/m0/s1. The van der Waals surface area contributed by atoms with Crippen molar-refractivity contribution in [2.45, 2.75) is 57.5 Å². The largest absolute Gasteiger partial charge is 0.463 e. The summed E-state index contributed by atoms with van der Waals surface area (Å²) in [6.45, 7) is 2.67. The van der Waals surface area contributed by atoms with Gasteiger partial charge in [0, 0.05) is 11.6 Å². The Labute approximate surface area is 173 Å². The normalized spacial score (nSPS) is 32.1. The number of carbonyl (C=O) groups is 1. The third-order valence-electron chi connectivity index (χ3n) is 7.93. The van der Waals surface area contributed by atoms with Gasteiger partial charge in [-0.2, -0.15) is 0 Å². The molecule has 2 atom stereocenters. The lowest BCUT2D eigenvalue weighted by Crippen LogP contribution is -2.88. The molecule has 4 saturated carbocycles. The van der Waals surface area contributed by atoms with Gasteiger partial charge in [-0.15, -0.1) is 0 Å². The van der Waals surface area contributed by atoms with Crippen LogP contribution < -0.4 is 10.6 Å². The molecule has 4 aliphatic carbocycles. The lowest BCUT2D eigenvalue weighted by molar-refractivity contribution is -0.678. The molecule has 29 heavy (non-hydrogen) atoms. The van der Waals surface area contributed by atoms with Gasteiger partial charge in [-0.3, -0.25) is 4.79 Å². The van der Waals surface area contributed by atoms with Crippen LogP contribution in [0.5, 0.6) is 0 Å². The van der Waals surface area contributed by atoms with Crippen LogP contribution in [0.25, 0.3) is 0 Å². The molecule has 2 aromatic rings. The summed E-state index contributed by atoms with van der Waals surface area (Å²) < 4.78 is 5.67. The van der Waals surface area contributed by atoms with Crippen LogP contribution in [0.15, 0.2) is 53.1 Å². The molecule has 0 aliphatic heterocycles. The van der Waals surface area contributed by atoms with Crippen molar-refractivity contribution in [3.8, 4) is 0 Å². The molecule has 1 amide bonds. The summed E-state index contributed by atoms with van der Waals surface area (Å²) in [5.74, 6) is 3.76. The number of amides is 1. The Morgan fingerprint density at radius 2 is 1.72 bits per heavy atom. The molecular formula is C25H33N2O2+. The molecule has 0 radical (unpaired) electrons. The first-order chi connectivity index (χ1) is 14.1. The third-order valence-corrected chi connectivity index (χ3v) is 7.93.